The summed E-state index contributed by atoms with van der Waals surface area (Å²) >= 11 is 0. The summed E-state index contributed by atoms with van der Waals surface area (Å²) < 4.78 is 9.80. The Morgan fingerprint density at radius 3 is 3.06 bits per heavy atom. The lowest BCUT2D eigenvalue weighted by Gasteiger charge is -2.09. The van der Waals surface area contributed by atoms with Crippen LogP contribution >= 0.6 is 0 Å². The van der Waals surface area contributed by atoms with Crippen LogP contribution in [0.25, 0.3) is 11.0 Å². The normalized spacial score (nSPS) is 12.6. The van der Waals surface area contributed by atoms with Crippen molar-refractivity contribution in [3.05, 3.63) is 29.5 Å². The number of hydrogen-bond donors (Lipinski definition) is 1. The van der Waals surface area contributed by atoms with Gasteiger partial charge in [0.05, 0.1) is 12.3 Å². The summed E-state index contributed by atoms with van der Waals surface area (Å²) in [7, 11) is 0. The van der Waals surface area contributed by atoms with Gasteiger partial charge in [-0.1, -0.05) is 11.2 Å². The third-order valence-electron chi connectivity index (χ3n) is 2.50. The third-order valence-corrected chi connectivity index (χ3v) is 2.50. The molecule has 1 atom stereocenters. The number of benzene rings is 1. The maximum atomic E-state index is 11.4. The van der Waals surface area contributed by atoms with E-state index >= 15 is 0 Å². The van der Waals surface area contributed by atoms with Crippen molar-refractivity contribution < 1.29 is 19.2 Å². The van der Waals surface area contributed by atoms with Crippen LogP contribution in [0.5, 0.6) is 0 Å². The zero-order chi connectivity index (χ0) is 12.4. The quantitative estimate of drug-likeness (QED) is 0.820. The van der Waals surface area contributed by atoms with Gasteiger partial charge in [-0.25, -0.2) is 4.79 Å². The van der Waals surface area contributed by atoms with E-state index in [1.165, 1.54) is 0 Å². The van der Waals surface area contributed by atoms with Crippen LogP contribution in [-0.2, 0) is 9.53 Å². The SMILES string of the molecule is CCOC(=O)C(O)c1ccc2onc(C)c2c1. The maximum absolute atomic E-state index is 11.4. The van der Waals surface area contributed by atoms with Crippen LogP contribution in [0.3, 0.4) is 0 Å². The molecule has 1 unspecified atom stereocenters. The van der Waals surface area contributed by atoms with E-state index in [1.807, 2.05) is 0 Å². The predicted octanol–water partition coefficient (Wildman–Crippen LogP) is 1.73. The van der Waals surface area contributed by atoms with E-state index < -0.39 is 12.1 Å². The van der Waals surface area contributed by atoms with E-state index in [-0.39, 0.29) is 6.61 Å². The highest BCUT2D eigenvalue weighted by molar-refractivity contribution is 5.83. The van der Waals surface area contributed by atoms with Crippen molar-refractivity contribution in [1.82, 2.24) is 5.16 Å². The van der Waals surface area contributed by atoms with Crippen molar-refractivity contribution in [1.29, 1.82) is 0 Å². The minimum Gasteiger partial charge on any atom is -0.464 e. The average Bonchev–Trinajstić information content (AvgIpc) is 2.70. The molecule has 5 heteroatoms. The van der Waals surface area contributed by atoms with Gasteiger partial charge in [-0.2, -0.15) is 0 Å². The Labute approximate surface area is 98.0 Å². The van der Waals surface area contributed by atoms with Gasteiger partial charge in [0.25, 0.3) is 0 Å². The topological polar surface area (TPSA) is 72.6 Å². The zero-order valence-electron chi connectivity index (χ0n) is 9.64. The molecule has 2 rings (SSSR count). The Morgan fingerprint density at radius 2 is 2.35 bits per heavy atom. The Kier molecular flexibility index (Phi) is 3.10. The molecule has 0 aliphatic rings. The van der Waals surface area contributed by atoms with Crippen molar-refractivity contribution in [2.24, 2.45) is 0 Å². The van der Waals surface area contributed by atoms with Crippen molar-refractivity contribution >= 4 is 16.9 Å². The molecule has 90 valence electrons. The molecule has 0 spiro atoms. The molecule has 5 nitrogen and oxygen atoms in total. The van der Waals surface area contributed by atoms with Crippen LogP contribution in [0, 0.1) is 6.92 Å². The molecule has 0 amide bonds. The number of rotatable bonds is 3. The Hall–Kier alpha value is -1.88. The molecule has 0 saturated heterocycles. The first-order valence-electron chi connectivity index (χ1n) is 5.34. The standard InChI is InChI=1S/C12H13NO4/c1-3-16-12(15)11(14)8-4-5-10-9(6-8)7(2)13-17-10/h4-6,11,14H,3H2,1-2H3. The second-order valence-corrected chi connectivity index (χ2v) is 3.68. The van der Waals surface area contributed by atoms with Crippen LogP contribution in [0.4, 0.5) is 0 Å². The number of aryl methyl sites for hydroxylation is 1. The lowest BCUT2D eigenvalue weighted by Crippen LogP contribution is -2.15. The van der Waals surface area contributed by atoms with Gasteiger partial charge >= 0.3 is 5.97 Å². The molecule has 0 saturated carbocycles. The summed E-state index contributed by atoms with van der Waals surface area (Å²) in [5.41, 5.74) is 1.82. The van der Waals surface area contributed by atoms with Crippen LogP contribution in [0.2, 0.25) is 0 Å². The van der Waals surface area contributed by atoms with Gasteiger partial charge in [-0.05, 0) is 31.5 Å². The summed E-state index contributed by atoms with van der Waals surface area (Å²) in [5.74, 6) is -0.652. The highest BCUT2D eigenvalue weighted by Crippen LogP contribution is 2.23. The molecule has 1 aromatic carbocycles. The van der Waals surface area contributed by atoms with Gasteiger partial charge in [-0.15, -0.1) is 0 Å². The van der Waals surface area contributed by atoms with E-state index in [4.69, 9.17) is 9.26 Å². The van der Waals surface area contributed by atoms with Crippen LogP contribution in [0.1, 0.15) is 24.3 Å². The van der Waals surface area contributed by atoms with Crippen molar-refractivity contribution in [3.8, 4) is 0 Å². The molecule has 0 bridgehead atoms. The minimum atomic E-state index is -1.27. The number of carbonyl (C=O) groups is 1. The summed E-state index contributed by atoms with van der Waals surface area (Å²) in [6, 6.07) is 4.98. The Bertz CT molecular complexity index is 546. The van der Waals surface area contributed by atoms with E-state index in [0.717, 1.165) is 11.1 Å². The largest absolute Gasteiger partial charge is 0.464 e. The maximum Gasteiger partial charge on any atom is 0.339 e. The number of aromatic nitrogens is 1. The summed E-state index contributed by atoms with van der Waals surface area (Å²) in [6.07, 6.45) is -1.27. The van der Waals surface area contributed by atoms with Gasteiger partial charge in [0, 0.05) is 5.39 Å². The van der Waals surface area contributed by atoms with E-state index in [0.29, 0.717) is 11.1 Å². The second kappa shape index (κ2) is 4.55. The highest BCUT2D eigenvalue weighted by atomic mass is 16.5. The van der Waals surface area contributed by atoms with E-state index in [1.54, 1.807) is 32.0 Å². The highest BCUT2D eigenvalue weighted by Gasteiger charge is 2.19. The minimum absolute atomic E-state index is 0.241. The molecule has 0 fully saturated rings. The molecule has 0 aliphatic heterocycles. The van der Waals surface area contributed by atoms with E-state index in [2.05, 4.69) is 5.16 Å². The molecule has 17 heavy (non-hydrogen) atoms. The first-order valence-corrected chi connectivity index (χ1v) is 5.34. The number of esters is 1. The fraction of sp³-hybridized carbons (Fsp3) is 0.333. The number of hydrogen-bond acceptors (Lipinski definition) is 5. The summed E-state index contributed by atoms with van der Waals surface area (Å²) in [5, 5.41) is 14.4. The first-order chi connectivity index (χ1) is 8.13. The van der Waals surface area contributed by atoms with Gasteiger partial charge < -0.3 is 14.4 Å². The lowest BCUT2D eigenvalue weighted by atomic mass is 10.1. The number of fused-ring (bicyclic) bond motifs is 1. The Balaban J connectivity index is 2.35. The molecular formula is C12H13NO4. The molecule has 2 aromatic rings. The number of nitrogens with zero attached hydrogens (tertiary/aromatic N) is 1. The van der Waals surface area contributed by atoms with Crippen molar-refractivity contribution in [2.45, 2.75) is 20.0 Å². The van der Waals surface area contributed by atoms with Crippen LogP contribution in [0.15, 0.2) is 22.7 Å². The number of aliphatic hydroxyl groups excluding tert-OH is 1. The van der Waals surface area contributed by atoms with E-state index in [9.17, 15) is 9.90 Å². The zero-order valence-corrected chi connectivity index (χ0v) is 9.64. The Morgan fingerprint density at radius 1 is 1.59 bits per heavy atom. The number of ether oxygens (including phenoxy) is 1. The second-order valence-electron chi connectivity index (χ2n) is 3.68. The lowest BCUT2D eigenvalue weighted by molar-refractivity contribution is -0.153. The van der Waals surface area contributed by atoms with Crippen molar-refractivity contribution in [2.75, 3.05) is 6.61 Å². The first kappa shape index (κ1) is 11.6. The van der Waals surface area contributed by atoms with Gasteiger partial charge in [0.2, 0.25) is 0 Å². The molecule has 0 radical (unpaired) electrons. The molecule has 1 heterocycles. The van der Waals surface area contributed by atoms with Crippen molar-refractivity contribution in [3.63, 3.8) is 0 Å². The summed E-state index contributed by atoms with van der Waals surface area (Å²) in [6.45, 7) is 3.73. The van der Waals surface area contributed by atoms with Gasteiger partial charge in [0.15, 0.2) is 11.7 Å². The third kappa shape index (κ3) is 2.14. The van der Waals surface area contributed by atoms with Crippen LogP contribution in [-0.4, -0.2) is 22.8 Å². The average molecular weight is 235 g/mol. The van der Waals surface area contributed by atoms with Gasteiger partial charge in [-0.3, -0.25) is 0 Å². The summed E-state index contributed by atoms with van der Waals surface area (Å²) in [4.78, 5) is 11.4. The fourth-order valence-electron chi connectivity index (χ4n) is 1.60. The number of aliphatic hydroxyl groups is 1. The predicted molar refractivity (Wildman–Crippen MR) is 60.3 cm³/mol. The van der Waals surface area contributed by atoms with Gasteiger partial charge in [0.1, 0.15) is 0 Å². The smallest absolute Gasteiger partial charge is 0.339 e. The molecular weight excluding hydrogens is 222 g/mol. The molecule has 0 aliphatic carbocycles. The monoisotopic (exact) mass is 235 g/mol. The fourth-order valence-corrected chi connectivity index (χ4v) is 1.60. The molecule has 1 N–H and O–H groups in total. The van der Waals surface area contributed by atoms with Crippen LogP contribution < -0.4 is 0 Å². The number of carbonyl (C=O) groups excluding carboxylic acids is 1. The molecule has 1 aromatic heterocycles.